The summed E-state index contributed by atoms with van der Waals surface area (Å²) in [6, 6.07) is 1.59. The number of amides is 1. The maximum absolute atomic E-state index is 12.2. The fraction of sp³-hybridized carbons (Fsp3) is 0.429. The molecule has 9 heteroatoms. The molecule has 0 fully saturated rings. The van der Waals surface area contributed by atoms with Crippen molar-refractivity contribution in [2.24, 2.45) is 5.92 Å². The van der Waals surface area contributed by atoms with E-state index in [2.05, 4.69) is 9.82 Å². The molecule has 0 aromatic carbocycles. The third-order valence-corrected chi connectivity index (χ3v) is 3.88. The lowest BCUT2D eigenvalue weighted by Crippen LogP contribution is -2.24. The molecule has 126 valence electrons. The van der Waals surface area contributed by atoms with Crippen molar-refractivity contribution < 1.29 is 29.1 Å². The van der Waals surface area contributed by atoms with Gasteiger partial charge in [0.2, 0.25) is 5.91 Å². The number of hydrogen-bond acceptors (Lipinski definition) is 6. The molecule has 0 aliphatic rings. The van der Waals surface area contributed by atoms with Gasteiger partial charge in [0.25, 0.3) is 0 Å². The molecule has 1 aromatic rings. The number of hydrogen-bond donors (Lipinski definition) is 3. The van der Waals surface area contributed by atoms with Crippen LogP contribution < -0.4 is 5.48 Å². The zero-order chi connectivity index (χ0) is 17.2. The Labute approximate surface area is 136 Å². The maximum atomic E-state index is 12.2. The summed E-state index contributed by atoms with van der Waals surface area (Å²) in [5, 5.41) is 8.91. The van der Waals surface area contributed by atoms with Crippen molar-refractivity contribution in [2.45, 2.75) is 19.8 Å². The molecule has 0 aliphatic carbocycles. The van der Waals surface area contributed by atoms with E-state index in [4.69, 9.17) is 5.11 Å². The minimum absolute atomic E-state index is 0.0447. The minimum atomic E-state index is -1.05. The quantitative estimate of drug-likeness (QED) is 0.347. The summed E-state index contributed by atoms with van der Waals surface area (Å²) in [6.07, 6.45) is 2.89. The fourth-order valence-corrected chi connectivity index (χ4v) is 2.74. The third kappa shape index (κ3) is 7.50. The number of carbonyl (C=O) groups is 4. The van der Waals surface area contributed by atoms with Crippen molar-refractivity contribution >= 4 is 35.4 Å². The molecule has 23 heavy (non-hydrogen) atoms. The van der Waals surface area contributed by atoms with Gasteiger partial charge < -0.3 is 14.9 Å². The molecule has 0 unspecified atom stereocenters. The number of rotatable bonds is 9. The molecule has 0 saturated heterocycles. The van der Waals surface area contributed by atoms with Gasteiger partial charge in [0, 0.05) is 42.3 Å². The zero-order valence-electron chi connectivity index (χ0n) is 12.5. The van der Waals surface area contributed by atoms with Gasteiger partial charge in [-0.25, -0.2) is 4.79 Å². The number of carboxylic acids is 1. The van der Waals surface area contributed by atoms with Crippen molar-refractivity contribution in [1.82, 2.24) is 10.5 Å². The molecule has 0 bridgehead atoms. The van der Waals surface area contributed by atoms with Gasteiger partial charge in [0.05, 0.1) is 12.8 Å². The second-order valence-corrected chi connectivity index (χ2v) is 5.87. The van der Waals surface area contributed by atoms with Crippen LogP contribution in [-0.2, 0) is 19.2 Å². The first kappa shape index (κ1) is 18.8. The number of hydroxylamine groups is 1. The van der Waals surface area contributed by atoms with E-state index in [9.17, 15) is 19.2 Å². The molecule has 1 heterocycles. The molecular weight excluding hydrogens is 324 g/mol. The van der Waals surface area contributed by atoms with E-state index in [1.165, 1.54) is 24.9 Å². The molecule has 1 aromatic heterocycles. The number of aromatic nitrogens is 1. The lowest BCUT2D eigenvalue weighted by Gasteiger charge is -2.12. The Morgan fingerprint density at radius 1 is 1.39 bits per heavy atom. The van der Waals surface area contributed by atoms with E-state index >= 15 is 0 Å². The van der Waals surface area contributed by atoms with E-state index in [-0.39, 0.29) is 24.4 Å². The van der Waals surface area contributed by atoms with E-state index in [1.54, 1.807) is 12.3 Å². The van der Waals surface area contributed by atoms with Crippen LogP contribution in [0.1, 0.15) is 30.1 Å². The average Bonchev–Trinajstić information content (AvgIpc) is 3.01. The number of carboxylic acid groups (broad SMARTS) is 1. The van der Waals surface area contributed by atoms with Crippen molar-refractivity contribution in [1.29, 1.82) is 0 Å². The van der Waals surface area contributed by atoms with Crippen LogP contribution in [0.15, 0.2) is 18.5 Å². The normalized spacial score (nSPS) is 11.5. The Morgan fingerprint density at radius 2 is 2.13 bits per heavy atom. The van der Waals surface area contributed by atoms with Crippen LogP contribution in [0.25, 0.3) is 0 Å². The molecule has 8 nitrogen and oxygen atoms in total. The smallest absolute Gasteiger partial charge is 0.333 e. The topological polar surface area (TPSA) is 126 Å². The second kappa shape index (κ2) is 9.67. The molecule has 0 spiro atoms. The van der Waals surface area contributed by atoms with Gasteiger partial charge in [-0.1, -0.05) is 0 Å². The van der Waals surface area contributed by atoms with Crippen LogP contribution >= 0.6 is 11.8 Å². The number of carbonyl (C=O) groups excluding carboxylic acids is 3. The predicted octanol–water partition coefficient (Wildman–Crippen LogP) is 1.01. The number of nitrogens with one attached hydrogen (secondary N) is 2. The minimum Gasteiger partial charge on any atom is -0.481 e. The van der Waals surface area contributed by atoms with Gasteiger partial charge in [-0.2, -0.15) is 17.2 Å². The molecule has 3 N–H and O–H groups in total. The number of aliphatic carboxylic acids is 1. The van der Waals surface area contributed by atoms with Crippen LogP contribution in [0.4, 0.5) is 0 Å². The van der Waals surface area contributed by atoms with Crippen LogP contribution in [0.5, 0.6) is 0 Å². The Bertz CT molecular complexity index is 558. The SMILES string of the molecule is CC(=O)NOC(=O)CCSC[C@H](CC(=O)O)C(=O)c1cc[nH]c1. The van der Waals surface area contributed by atoms with E-state index < -0.39 is 23.8 Å². The largest absolute Gasteiger partial charge is 0.481 e. The Kier molecular flexibility index (Phi) is 7.89. The van der Waals surface area contributed by atoms with Crippen LogP contribution in [0.3, 0.4) is 0 Å². The van der Waals surface area contributed by atoms with Crippen LogP contribution in [0, 0.1) is 5.92 Å². The van der Waals surface area contributed by atoms with E-state index in [1.807, 2.05) is 5.48 Å². The monoisotopic (exact) mass is 342 g/mol. The fourth-order valence-electron chi connectivity index (χ4n) is 1.71. The highest BCUT2D eigenvalue weighted by atomic mass is 32.2. The summed E-state index contributed by atoms with van der Waals surface area (Å²) in [4.78, 5) is 52.2. The number of thioether (sulfide) groups is 1. The third-order valence-electron chi connectivity index (χ3n) is 2.75. The Balaban J connectivity index is 2.40. The van der Waals surface area contributed by atoms with Crippen molar-refractivity contribution in [3.05, 3.63) is 24.0 Å². The van der Waals surface area contributed by atoms with Gasteiger partial charge in [-0.15, -0.1) is 0 Å². The van der Waals surface area contributed by atoms with Crippen LogP contribution in [-0.4, -0.2) is 45.2 Å². The lowest BCUT2D eigenvalue weighted by molar-refractivity contribution is -0.157. The molecule has 1 amide bonds. The summed E-state index contributed by atoms with van der Waals surface area (Å²) in [5.74, 6) is -2.41. The number of aromatic amines is 1. The molecule has 1 rings (SSSR count). The summed E-state index contributed by atoms with van der Waals surface area (Å²) in [5.41, 5.74) is 2.36. The zero-order valence-corrected chi connectivity index (χ0v) is 13.4. The Morgan fingerprint density at radius 3 is 2.70 bits per heavy atom. The molecule has 1 atom stereocenters. The summed E-state index contributed by atoms with van der Waals surface area (Å²) < 4.78 is 0. The molecule has 0 aliphatic heterocycles. The van der Waals surface area contributed by atoms with Crippen molar-refractivity contribution in [2.75, 3.05) is 11.5 Å². The number of ketones is 1. The standard InChI is InChI=1S/C14H18N2O6S/c1-9(17)16-22-13(20)3-5-23-8-11(6-12(18)19)14(21)10-2-4-15-7-10/h2,4,7,11,15H,3,5-6,8H2,1H3,(H,16,17)(H,18,19)/t11-/m0/s1. The van der Waals surface area contributed by atoms with Gasteiger partial charge in [0.1, 0.15) is 0 Å². The van der Waals surface area contributed by atoms with Gasteiger partial charge in [-0.05, 0) is 6.07 Å². The van der Waals surface area contributed by atoms with Gasteiger partial charge >= 0.3 is 11.9 Å². The summed E-state index contributed by atoms with van der Waals surface area (Å²) in [7, 11) is 0. The number of Topliss-reactive ketones (excluding diaryl/α,β-unsaturated/α-hetero) is 1. The highest BCUT2D eigenvalue weighted by Crippen LogP contribution is 2.19. The van der Waals surface area contributed by atoms with Crippen molar-refractivity contribution in [3.63, 3.8) is 0 Å². The van der Waals surface area contributed by atoms with Gasteiger partial charge in [0.15, 0.2) is 5.78 Å². The average molecular weight is 342 g/mol. The first-order valence-corrected chi connectivity index (χ1v) is 7.98. The van der Waals surface area contributed by atoms with E-state index in [0.717, 1.165) is 0 Å². The van der Waals surface area contributed by atoms with Gasteiger partial charge in [-0.3, -0.25) is 14.4 Å². The maximum Gasteiger partial charge on any atom is 0.333 e. The highest BCUT2D eigenvalue weighted by Gasteiger charge is 2.23. The highest BCUT2D eigenvalue weighted by molar-refractivity contribution is 7.99. The first-order valence-electron chi connectivity index (χ1n) is 6.83. The predicted molar refractivity (Wildman–Crippen MR) is 82.7 cm³/mol. The second-order valence-electron chi connectivity index (χ2n) is 4.72. The molecule has 0 radical (unpaired) electrons. The number of H-pyrrole nitrogens is 1. The summed E-state index contributed by atoms with van der Waals surface area (Å²) >= 11 is 1.28. The van der Waals surface area contributed by atoms with E-state index in [0.29, 0.717) is 11.3 Å². The Hall–Kier alpha value is -2.29. The van der Waals surface area contributed by atoms with Crippen molar-refractivity contribution in [3.8, 4) is 0 Å². The summed E-state index contributed by atoms with van der Waals surface area (Å²) in [6.45, 7) is 1.21. The molecular formula is C14H18N2O6S. The first-order chi connectivity index (χ1) is 10.9. The lowest BCUT2D eigenvalue weighted by atomic mass is 9.98. The van der Waals surface area contributed by atoms with Crippen LogP contribution in [0.2, 0.25) is 0 Å². The molecule has 0 saturated carbocycles.